The number of aryl methyl sites for hydroxylation is 1. The molecule has 2 rings (SSSR count). The zero-order valence-corrected chi connectivity index (χ0v) is 13.5. The fourth-order valence-electron chi connectivity index (χ4n) is 1.98. The summed E-state index contributed by atoms with van der Waals surface area (Å²) in [6.07, 6.45) is 1.84. The van der Waals surface area contributed by atoms with Crippen molar-refractivity contribution in [3.8, 4) is 0 Å². The van der Waals surface area contributed by atoms with Crippen molar-refractivity contribution >= 4 is 28.3 Å². The quantitative estimate of drug-likeness (QED) is 0.667. The molecule has 7 nitrogen and oxygen atoms in total. The van der Waals surface area contributed by atoms with Crippen LogP contribution in [0, 0.1) is 6.92 Å². The van der Waals surface area contributed by atoms with E-state index in [1.54, 1.807) is 13.1 Å². The van der Waals surface area contributed by atoms with Crippen LogP contribution in [0.5, 0.6) is 0 Å². The van der Waals surface area contributed by atoms with Gasteiger partial charge >= 0.3 is 0 Å². The number of aliphatic hydroxyl groups is 1. The number of rotatable bonds is 5. The molecular formula is C12H18N4O3S2. The Hall–Kier alpha value is -1.32. The van der Waals surface area contributed by atoms with Gasteiger partial charge in [-0.15, -0.1) is 11.8 Å². The van der Waals surface area contributed by atoms with Crippen LogP contribution in [-0.4, -0.2) is 39.7 Å². The van der Waals surface area contributed by atoms with Gasteiger partial charge in [-0.1, -0.05) is 0 Å². The number of aliphatic hydroxyl groups excluding tert-OH is 1. The number of nitrogen functional groups attached to an aromatic ring is 1. The van der Waals surface area contributed by atoms with E-state index in [2.05, 4.69) is 14.9 Å². The molecule has 1 unspecified atom stereocenters. The van der Waals surface area contributed by atoms with Crippen LogP contribution < -0.4 is 5.73 Å². The zero-order valence-electron chi connectivity index (χ0n) is 11.8. The van der Waals surface area contributed by atoms with Gasteiger partial charge in [0.15, 0.2) is 16.1 Å². The fourth-order valence-corrected chi connectivity index (χ4v) is 3.65. The molecule has 0 radical (unpaired) electrons. The third-order valence-corrected chi connectivity index (χ3v) is 5.18. The van der Waals surface area contributed by atoms with Crippen molar-refractivity contribution in [2.45, 2.75) is 32.2 Å². The summed E-state index contributed by atoms with van der Waals surface area (Å²) in [5, 5.41) is 9.45. The van der Waals surface area contributed by atoms with Gasteiger partial charge < -0.3 is 15.7 Å². The van der Waals surface area contributed by atoms with Crippen molar-refractivity contribution < 1.29 is 13.5 Å². The van der Waals surface area contributed by atoms with Crippen LogP contribution in [0.2, 0.25) is 0 Å². The average molecular weight is 330 g/mol. The summed E-state index contributed by atoms with van der Waals surface area (Å²) in [4.78, 5) is 11.2. The second-order valence-corrected chi connectivity index (χ2v) is 6.98. The van der Waals surface area contributed by atoms with Gasteiger partial charge in [0.25, 0.3) is 0 Å². The van der Waals surface area contributed by atoms with Crippen LogP contribution in [0.25, 0.3) is 0 Å². The first-order valence-electron chi connectivity index (χ1n) is 6.35. The predicted molar refractivity (Wildman–Crippen MR) is 82.8 cm³/mol. The highest BCUT2D eigenvalue weighted by Gasteiger charge is 2.23. The Morgan fingerprint density at radius 3 is 2.86 bits per heavy atom. The number of anilines is 1. The molecule has 1 aromatic heterocycles. The number of nitrogens with two attached hydrogens (primary N) is 1. The highest BCUT2D eigenvalue weighted by atomic mass is 32.2. The smallest absolute Gasteiger partial charge is 0.167 e. The third-order valence-electron chi connectivity index (χ3n) is 3.26. The maximum atomic E-state index is 10.8. The summed E-state index contributed by atoms with van der Waals surface area (Å²) in [7, 11) is -2.82. The van der Waals surface area contributed by atoms with Crippen molar-refractivity contribution in [1.29, 1.82) is 0 Å². The molecule has 0 spiro atoms. The van der Waals surface area contributed by atoms with Crippen molar-refractivity contribution in [3.05, 3.63) is 28.2 Å². The van der Waals surface area contributed by atoms with E-state index >= 15 is 0 Å². The first-order valence-corrected chi connectivity index (χ1v) is 8.58. The first-order chi connectivity index (χ1) is 9.88. The molecular weight excluding hydrogens is 312 g/mol. The maximum Gasteiger partial charge on any atom is 0.167 e. The highest BCUT2D eigenvalue weighted by Crippen LogP contribution is 2.36. The zero-order chi connectivity index (χ0) is 15.6. The van der Waals surface area contributed by atoms with Crippen molar-refractivity contribution in [1.82, 2.24) is 14.9 Å². The lowest BCUT2D eigenvalue weighted by Crippen LogP contribution is -2.19. The van der Waals surface area contributed by atoms with Gasteiger partial charge in [-0.25, -0.2) is 18.4 Å². The molecule has 116 valence electrons. The Kier molecular flexibility index (Phi) is 5.07. The first kappa shape index (κ1) is 16.1. The van der Waals surface area contributed by atoms with Crippen LogP contribution in [0.3, 0.4) is 0 Å². The lowest BCUT2D eigenvalue weighted by Gasteiger charge is -2.19. The van der Waals surface area contributed by atoms with Crippen LogP contribution in [0.1, 0.15) is 24.7 Å². The molecule has 9 heteroatoms. The van der Waals surface area contributed by atoms with E-state index in [1.807, 2.05) is 6.92 Å². The summed E-state index contributed by atoms with van der Waals surface area (Å²) in [5.74, 6) is 1.77. The largest absolute Gasteiger partial charge is 0.383 e. The standard InChI is InChI=1S/C12H18N4O3S2/c1-7-10(3-11(17)21(18)19)20-6-16(7)5-9-4-14-8(2)15-12(9)13/h4,11,17,21H,3,5-6H2,1-2H3,(H2,13,14,15). The molecule has 0 fully saturated rings. The molecule has 0 amide bonds. The van der Waals surface area contributed by atoms with Gasteiger partial charge in [0.2, 0.25) is 0 Å². The topological polar surface area (TPSA) is 109 Å². The molecule has 3 N–H and O–H groups in total. The molecule has 0 bridgehead atoms. The molecule has 0 saturated carbocycles. The summed E-state index contributed by atoms with van der Waals surface area (Å²) in [6.45, 7) is 4.25. The summed E-state index contributed by atoms with van der Waals surface area (Å²) in [6, 6.07) is 0. The Balaban J connectivity index is 2.10. The molecule has 0 aliphatic carbocycles. The molecule has 0 saturated heterocycles. The SMILES string of the molecule is CC1=C(CC(O)[SH](=O)=O)SCN1Cc1cnc(C)nc1N. The second-order valence-electron chi connectivity index (χ2n) is 4.78. The normalized spacial score (nSPS) is 16.9. The second kappa shape index (κ2) is 6.63. The number of thiol groups is 1. The van der Waals surface area contributed by atoms with Crippen molar-refractivity contribution in [2.24, 2.45) is 0 Å². The van der Waals surface area contributed by atoms with Crippen LogP contribution in [0.4, 0.5) is 5.82 Å². The van der Waals surface area contributed by atoms with Gasteiger partial charge in [0, 0.05) is 35.3 Å². The number of allylic oxidation sites excluding steroid dienone is 1. The molecule has 1 atom stereocenters. The number of nitrogens with zero attached hydrogens (tertiary/aromatic N) is 3. The van der Waals surface area contributed by atoms with Gasteiger partial charge in [-0.05, 0) is 13.8 Å². The average Bonchev–Trinajstić information content (AvgIpc) is 2.74. The van der Waals surface area contributed by atoms with E-state index in [4.69, 9.17) is 5.73 Å². The van der Waals surface area contributed by atoms with Gasteiger partial charge in [-0.3, -0.25) is 0 Å². The van der Waals surface area contributed by atoms with E-state index in [0.717, 1.165) is 16.2 Å². The van der Waals surface area contributed by atoms with E-state index in [-0.39, 0.29) is 6.42 Å². The summed E-state index contributed by atoms with van der Waals surface area (Å²) in [5.41, 5.74) is 6.34. The number of hydrogen-bond acceptors (Lipinski definition) is 8. The Bertz CT molecular complexity index is 637. The molecule has 1 aromatic rings. The van der Waals surface area contributed by atoms with E-state index < -0.39 is 16.1 Å². The minimum Gasteiger partial charge on any atom is -0.383 e. The number of aromatic nitrogens is 2. The van der Waals surface area contributed by atoms with Crippen LogP contribution in [0.15, 0.2) is 16.8 Å². The van der Waals surface area contributed by atoms with Crippen molar-refractivity contribution in [3.63, 3.8) is 0 Å². The van der Waals surface area contributed by atoms with E-state index in [1.165, 1.54) is 11.8 Å². The molecule has 1 aliphatic heterocycles. The van der Waals surface area contributed by atoms with Crippen LogP contribution >= 0.6 is 11.8 Å². The fraction of sp³-hybridized carbons (Fsp3) is 0.500. The highest BCUT2D eigenvalue weighted by molar-refractivity contribution is 8.03. The third kappa shape index (κ3) is 3.86. The Labute approximate surface area is 129 Å². The number of thioether (sulfide) groups is 1. The van der Waals surface area contributed by atoms with E-state index in [9.17, 15) is 13.5 Å². The lowest BCUT2D eigenvalue weighted by atomic mass is 10.2. The minimum atomic E-state index is -2.82. The van der Waals surface area contributed by atoms with Gasteiger partial charge in [0.05, 0.1) is 5.88 Å². The Morgan fingerprint density at radius 1 is 1.52 bits per heavy atom. The maximum absolute atomic E-state index is 10.8. The minimum absolute atomic E-state index is 0.131. The molecule has 21 heavy (non-hydrogen) atoms. The summed E-state index contributed by atoms with van der Waals surface area (Å²) >= 11 is 1.53. The van der Waals surface area contributed by atoms with E-state index in [0.29, 0.717) is 24.1 Å². The molecule has 2 heterocycles. The predicted octanol–water partition coefficient (Wildman–Crippen LogP) is 0.425. The number of hydrogen-bond donors (Lipinski definition) is 3. The van der Waals surface area contributed by atoms with Crippen LogP contribution in [-0.2, 0) is 17.2 Å². The monoisotopic (exact) mass is 330 g/mol. The van der Waals surface area contributed by atoms with Gasteiger partial charge in [-0.2, -0.15) is 0 Å². The van der Waals surface area contributed by atoms with Crippen molar-refractivity contribution in [2.75, 3.05) is 11.6 Å². The molecule has 0 aromatic carbocycles. The van der Waals surface area contributed by atoms with Gasteiger partial charge in [0.1, 0.15) is 11.6 Å². The summed E-state index contributed by atoms with van der Waals surface area (Å²) < 4.78 is 21.5. The Morgan fingerprint density at radius 2 is 2.24 bits per heavy atom. The lowest BCUT2D eigenvalue weighted by molar-refractivity contribution is 0.255. The molecule has 1 aliphatic rings.